The van der Waals surface area contributed by atoms with Crippen LogP contribution in [0.1, 0.15) is 194 Å². The summed E-state index contributed by atoms with van der Waals surface area (Å²) in [6.45, 7) is 11.2. The molecule has 2 N–H and O–H groups in total. The van der Waals surface area contributed by atoms with Crippen molar-refractivity contribution >= 4 is 11.9 Å². The summed E-state index contributed by atoms with van der Waals surface area (Å²) >= 11 is 0. The molecule has 0 aliphatic heterocycles. The van der Waals surface area contributed by atoms with Crippen molar-refractivity contribution in [2.75, 3.05) is 40.3 Å². The Labute approximate surface area is 287 Å². The number of hydrogen-bond donors (Lipinski definition) is 2. The summed E-state index contributed by atoms with van der Waals surface area (Å²) in [5, 5.41) is 3.31. The van der Waals surface area contributed by atoms with E-state index in [-0.39, 0.29) is 12.1 Å². The number of unbranched alkanes of at least 4 members (excludes halogenated alkanes) is 19. The lowest BCUT2D eigenvalue weighted by molar-refractivity contribution is -0.150. The fraction of sp³-hybridized carbons (Fsp3) is 0.949. The van der Waals surface area contributed by atoms with Crippen LogP contribution in [-0.2, 0) is 14.4 Å². The molecule has 0 saturated heterocycles. The lowest BCUT2D eigenvalue weighted by atomic mass is 10.0. The van der Waals surface area contributed by atoms with Gasteiger partial charge in [0.1, 0.15) is 6.10 Å². The number of nitrogens with zero attached hydrogens (tertiary/aromatic N) is 2. The lowest BCUT2D eigenvalue weighted by Gasteiger charge is -2.22. The second kappa shape index (κ2) is 36.5. The van der Waals surface area contributed by atoms with Gasteiger partial charge in [0.15, 0.2) is 0 Å². The average molecular weight is 653 g/mol. The predicted octanol–water partition coefficient (Wildman–Crippen LogP) is 10.5. The van der Waals surface area contributed by atoms with Crippen molar-refractivity contribution in [1.29, 1.82) is 0 Å². The van der Waals surface area contributed by atoms with Crippen LogP contribution >= 0.6 is 0 Å². The molecule has 0 spiro atoms. The maximum Gasteiger partial charge on any atom is 0.306 e. The Morgan fingerprint density at radius 2 is 1.04 bits per heavy atom. The topological polar surface area (TPSA) is 75.2 Å². The largest absolute Gasteiger partial charge is 0.462 e. The highest BCUT2D eigenvalue weighted by atomic mass is 16.6. The van der Waals surface area contributed by atoms with E-state index in [9.17, 15) is 4.79 Å². The third-order valence-electron chi connectivity index (χ3n) is 9.11. The van der Waals surface area contributed by atoms with Crippen molar-refractivity contribution in [3.05, 3.63) is 0 Å². The first-order chi connectivity index (χ1) is 22.6. The first-order valence-electron chi connectivity index (χ1n) is 20.0. The van der Waals surface area contributed by atoms with Crippen molar-refractivity contribution in [2.24, 2.45) is 4.99 Å². The first-order valence-corrected chi connectivity index (χ1v) is 20.0. The molecule has 0 aromatic heterocycles. The van der Waals surface area contributed by atoms with Gasteiger partial charge in [0.2, 0.25) is 5.96 Å². The molecule has 0 fully saturated rings. The zero-order chi connectivity index (χ0) is 33.8. The molecular weight excluding hydrogens is 572 g/mol. The van der Waals surface area contributed by atoms with Crippen LogP contribution in [-0.4, -0.2) is 63.3 Å². The lowest BCUT2D eigenvalue weighted by Crippen LogP contribution is -2.38. The summed E-state index contributed by atoms with van der Waals surface area (Å²) in [5.41, 5.74) is 2.78. The van der Waals surface area contributed by atoms with E-state index in [0.29, 0.717) is 12.4 Å². The Kier molecular flexibility index (Phi) is 35.4. The van der Waals surface area contributed by atoms with E-state index >= 15 is 0 Å². The summed E-state index contributed by atoms with van der Waals surface area (Å²) < 4.78 is 6.05. The summed E-state index contributed by atoms with van der Waals surface area (Å²) in [4.78, 5) is 24.5. The number of nitrogens with one attached hydrogen (secondary N) is 2. The Morgan fingerprint density at radius 3 is 1.52 bits per heavy atom. The summed E-state index contributed by atoms with van der Waals surface area (Å²) in [5.74, 6) is 0.720. The van der Waals surface area contributed by atoms with E-state index in [2.05, 4.69) is 41.5 Å². The zero-order valence-corrected chi connectivity index (χ0v) is 31.6. The number of ether oxygens (including phenoxy) is 1. The number of guanidine groups is 1. The molecule has 0 saturated carbocycles. The second-order valence-electron chi connectivity index (χ2n) is 13.5. The minimum Gasteiger partial charge on any atom is -0.462 e. The maximum atomic E-state index is 12.7. The summed E-state index contributed by atoms with van der Waals surface area (Å²) in [7, 11) is 3.36. The van der Waals surface area contributed by atoms with Gasteiger partial charge in [0.25, 0.3) is 0 Å². The van der Waals surface area contributed by atoms with Gasteiger partial charge < -0.3 is 15.0 Å². The van der Waals surface area contributed by atoms with Crippen molar-refractivity contribution in [1.82, 2.24) is 15.7 Å². The normalized spacial score (nSPS) is 11.9. The van der Waals surface area contributed by atoms with Crippen LogP contribution in [0.15, 0.2) is 4.99 Å². The SMILES string of the molecule is CCCCCCCCC(CCCCCCCC)OC(=O)CCCCCCCN(CCCCCCCC)CCCNC(=NC)NOC. The maximum absolute atomic E-state index is 12.7. The Bertz CT molecular complexity index is 645. The molecule has 0 unspecified atom stereocenters. The standard InChI is InChI=1S/C39H80N4O3/c1-6-9-12-15-19-24-30-37(31-25-20-16-13-10-7-2)46-38(44)32-26-21-18-23-28-35-43(34-27-22-17-14-11-8-3)36-29-33-41-39(40-4)42-45-5/h37H,6-36H2,1-5H3,(H2,40,41,42). The van der Waals surface area contributed by atoms with E-state index in [4.69, 9.17) is 9.57 Å². The van der Waals surface area contributed by atoms with Crippen molar-refractivity contribution in [3.63, 3.8) is 0 Å². The van der Waals surface area contributed by atoms with Crippen molar-refractivity contribution < 1.29 is 14.4 Å². The van der Waals surface area contributed by atoms with Gasteiger partial charge in [-0.2, -0.15) is 0 Å². The summed E-state index contributed by atoms with van der Waals surface area (Å²) in [6, 6.07) is 0. The highest BCUT2D eigenvalue weighted by molar-refractivity contribution is 5.78. The van der Waals surface area contributed by atoms with E-state index < -0.39 is 0 Å². The quantitative estimate of drug-likeness (QED) is 0.0233. The number of carbonyl (C=O) groups is 1. The first kappa shape index (κ1) is 44.7. The van der Waals surface area contributed by atoms with Crippen LogP contribution in [0.2, 0.25) is 0 Å². The number of esters is 1. The fourth-order valence-corrected chi connectivity index (χ4v) is 6.16. The molecule has 274 valence electrons. The highest BCUT2D eigenvalue weighted by Crippen LogP contribution is 2.18. The van der Waals surface area contributed by atoms with Crippen LogP contribution in [0.25, 0.3) is 0 Å². The van der Waals surface area contributed by atoms with E-state index in [0.717, 1.165) is 45.2 Å². The van der Waals surface area contributed by atoms with Gasteiger partial charge in [0, 0.05) is 20.0 Å². The Balaban J connectivity index is 4.34. The molecule has 0 radical (unpaired) electrons. The molecule has 0 aliphatic rings. The van der Waals surface area contributed by atoms with Crippen molar-refractivity contribution in [2.45, 2.75) is 200 Å². The Morgan fingerprint density at radius 1 is 0.609 bits per heavy atom. The Hall–Kier alpha value is -1.34. The molecular formula is C39H80N4O3. The van der Waals surface area contributed by atoms with Gasteiger partial charge in [0.05, 0.1) is 7.11 Å². The highest BCUT2D eigenvalue weighted by Gasteiger charge is 2.14. The molecule has 0 bridgehead atoms. The van der Waals surface area contributed by atoms with Crippen LogP contribution in [0, 0.1) is 0 Å². The smallest absolute Gasteiger partial charge is 0.306 e. The van der Waals surface area contributed by atoms with Crippen LogP contribution in [0.5, 0.6) is 0 Å². The molecule has 0 amide bonds. The number of rotatable bonds is 35. The summed E-state index contributed by atoms with van der Waals surface area (Å²) in [6.07, 6.45) is 33.3. The van der Waals surface area contributed by atoms with Gasteiger partial charge in [-0.25, -0.2) is 5.48 Å². The van der Waals surface area contributed by atoms with Crippen molar-refractivity contribution in [3.8, 4) is 0 Å². The van der Waals surface area contributed by atoms with E-state index in [1.54, 1.807) is 14.2 Å². The molecule has 0 aliphatic carbocycles. The molecule has 0 heterocycles. The van der Waals surface area contributed by atoms with Gasteiger partial charge in [-0.15, -0.1) is 0 Å². The monoisotopic (exact) mass is 653 g/mol. The van der Waals surface area contributed by atoms with Gasteiger partial charge in [-0.05, 0) is 71.0 Å². The van der Waals surface area contributed by atoms with Crippen LogP contribution < -0.4 is 10.8 Å². The molecule has 0 aromatic rings. The molecule has 0 rings (SSSR count). The third kappa shape index (κ3) is 31.3. The molecule has 7 heteroatoms. The number of hydroxylamine groups is 1. The third-order valence-corrected chi connectivity index (χ3v) is 9.11. The van der Waals surface area contributed by atoms with Gasteiger partial charge in [-0.1, -0.05) is 136 Å². The molecule has 7 nitrogen and oxygen atoms in total. The fourth-order valence-electron chi connectivity index (χ4n) is 6.16. The van der Waals surface area contributed by atoms with Gasteiger partial charge >= 0.3 is 5.97 Å². The molecule has 0 aromatic carbocycles. The minimum absolute atomic E-state index is 0.0395. The minimum atomic E-state index is 0.0395. The zero-order valence-electron chi connectivity index (χ0n) is 31.6. The number of carbonyl (C=O) groups excluding carboxylic acids is 1. The molecule has 0 atom stereocenters. The number of hydrogen-bond acceptors (Lipinski definition) is 5. The van der Waals surface area contributed by atoms with E-state index in [1.807, 2.05) is 0 Å². The van der Waals surface area contributed by atoms with E-state index in [1.165, 1.54) is 148 Å². The van der Waals surface area contributed by atoms with Crippen LogP contribution in [0.4, 0.5) is 0 Å². The predicted molar refractivity (Wildman–Crippen MR) is 200 cm³/mol. The second-order valence-corrected chi connectivity index (χ2v) is 13.5. The van der Waals surface area contributed by atoms with Gasteiger partial charge in [-0.3, -0.25) is 14.6 Å². The van der Waals surface area contributed by atoms with Crippen LogP contribution in [0.3, 0.4) is 0 Å². The molecule has 46 heavy (non-hydrogen) atoms. The average Bonchev–Trinajstić information content (AvgIpc) is 3.06. The number of aliphatic imine (C=N–C) groups is 1.